The van der Waals surface area contributed by atoms with E-state index < -0.39 is 24.3 Å². The van der Waals surface area contributed by atoms with Gasteiger partial charge in [0.1, 0.15) is 0 Å². The first-order chi connectivity index (χ1) is 12.5. The SMILES string of the molecule is CCOC(=O)c1nc(N)sc1C=C(CNC(C)=O)B1OC(C)(C)C(C)(C)O1. The van der Waals surface area contributed by atoms with Gasteiger partial charge in [-0.25, -0.2) is 9.78 Å². The molecule has 1 aliphatic heterocycles. The van der Waals surface area contributed by atoms with Crippen molar-refractivity contribution in [1.82, 2.24) is 10.3 Å². The van der Waals surface area contributed by atoms with E-state index in [1.54, 1.807) is 13.0 Å². The first-order valence-corrected chi connectivity index (χ1v) is 9.52. The number of nitrogens with one attached hydrogen (secondary N) is 1. The van der Waals surface area contributed by atoms with E-state index in [2.05, 4.69) is 10.3 Å². The van der Waals surface area contributed by atoms with Crippen LogP contribution in [0.1, 0.15) is 56.9 Å². The third kappa shape index (κ3) is 4.88. The topological polar surface area (TPSA) is 113 Å². The van der Waals surface area contributed by atoms with Gasteiger partial charge in [0.25, 0.3) is 0 Å². The van der Waals surface area contributed by atoms with Gasteiger partial charge in [-0.15, -0.1) is 0 Å². The van der Waals surface area contributed by atoms with Crippen molar-refractivity contribution in [3.63, 3.8) is 0 Å². The number of amides is 1. The highest BCUT2D eigenvalue weighted by Crippen LogP contribution is 2.39. The molecule has 3 N–H and O–H groups in total. The Morgan fingerprint density at radius 2 is 1.89 bits per heavy atom. The van der Waals surface area contributed by atoms with E-state index in [-0.39, 0.29) is 29.9 Å². The number of rotatable bonds is 6. The number of carbonyl (C=O) groups excluding carboxylic acids is 2. The molecule has 27 heavy (non-hydrogen) atoms. The minimum absolute atomic E-state index is 0.135. The summed E-state index contributed by atoms with van der Waals surface area (Å²) in [6.07, 6.45) is 1.72. The first-order valence-electron chi connectivity index (χ1n) is 8.71. The van der Waals surface area contributed by atoms with Crippen LogP contribution < -0.4 is 11.1 Å². The highest BCUT2D eigenvalue weighted by atomic mass is 32.1. The fourth-order valence-electron chi connectivity index (χ4n) is 2.38. The Morgan fingerprint density at radius 1 is 1.30 bits per heavy atom. The second-order valence-electron chi connectivity index (χ2n) is 7.20. The molecule has 1 fully saturated rings. The molecule has 1 aromatic heterocycles. The summed E-state index contributed by atoms with van der Waals surface area (Å²) in [5.74, 6) is -0.739. The largest absolute Gasteiger partial charge is 0.492 e. The zero-order chi connectivity index (χ0) is 20.4. The van der Waals surface area contributed by atoms with E-state index in [0.717, 1.165) is 11.3 Å². The maximum Gasteiger partial charge on any atom is 0.492 e. The number of anilines is 1. The summed E-state index contributed by atoms with van der Waals surface area (Å²) in [5.41, 5.74) is 5.50. The number of hydrogen-bond donors (Lipinski definition) is 2. The molecular weight excluding hydrogens is 369 g/mol. The molecule has 1 amide bonds. The molecule has 0 aliphatic carbocycles. The second-order valence-corrected chi connectivity index (χ2v) is 8.26. The van der Waals surface area contributed by atoms with Gasteiger partial charge in [-0.3, -0.25) is 4.79 Å². The number of esters is 1. The van der Waals surface area contributed by atoms with Gasteiger partial charge in [0.15, 0.2) is 10.8 Å². The average molecular weight is 395 g/mol. The molecular formula is C17H26BN3O5S. The van der Waals surface area contributed by atoms with Gasteiger partial charge in [0.2, 0.25) is 5.91 Å². The van der Waals surface area contributed by atoms with Crippen molar-refractivity contribution in [1.29, 1.82) is 0 Å². The summed E-state index contributed by atoms with van der Waals surface area (Å²) in [6.45, 7) is 11.3. The third-order valence-electron chi connectivity index (χ3n) is 4.55. The summed E-state index contributed by atoms with van der Waals surface area (Å²) in [6, 6.07) is 0. The van der Waals surface area contributed by atoms with Crippen LogP contribution in [0.15, 0.2) is 5.47 Å². The molecule has 8 nitrogen and oxygen atoms in total. The van der Waals surface area contributed by atoms with E-state index in [9.17, 15) is 9.59 Å². The lowest BCUT2D eigenvalue weighted by molar-refractivity contribution is -0.118. The van der Waals surface area contributed by atoms with Crippen LogP contribution in [0.2, 0.25) is 0 Å². The molecule has 2 heterocycles. The highest BCUT2D eigenvalue weighted by molar-refractivity contribution is 7.16. The summed E-state index contributed by atoms with van der Waals surface area (Å²) in [4.78, 5) is 28.2. The zero-order valence-corrected chi connectivity index (χ0v) is 17.4. The summed E-state index contributed by atoms with van der Waals surface area (Å²) in [5, 5.41) is 3.00. The van der Waals surface area contributed by atoms with Crippen LogP contribution in [0.5, 0.6) is 0 Å². The zero-order valence-electron chi connectivity index (χ0n) is 16.5. The summed E-state index contributed by atoms with van der Waals surface area (Å²) < 4.78 is 17.2. The van der Waals surface area contributed by atoms with E-state index in [1.165, 1.54) is 6.92 Å². The van der Waals surface area contributed by atoms with Crippen LogP contribution in [-0.4, -0.2) is 48.3 Å². The van der Waals surface area contributed by atoms with Gasteiger partial charge >= 0.3 is 13.1 Å². The number of thiazole rings is 1. The number of nitrogen functional groups attached to an aromatic ring is 1. The molecule has 10 heteroatoms. The molecule has 0 spiro atoms. The van der Waals surface area contributed by atoms with Crippen LogP contribution in [0, 0.1) is 0 Å². The fourth-order valence-corrected chi connectivity index (χ4v) is 3.18. The Bertz CT molecular complexity index is 744. The van der Waals surface area contributed by atoms with Crippen LogP contribution in [0.3, 0.4) is 0 Å². The van der Waals surface area contributed by atoms with E-state index in [4.69, 9.17) is 19.8 Å². The predicted molar refractivity (Wildman–Crippen MR) is 105 cm³/mol. The Labute approximate surface area is 163 Å². The maximum absolute atomic E-state index is 12.2. The fraction of sp³-hybridized carbons (Fsp3) is 0.588. The predicted octanol–water partition coefficient (Wildman–Crippen LogP) is 2.05. The smallest absolute Gasteiger partial charge is 0.461 e. The minimum atomic E-state index is -0.680. The molecule has 2 rings (SSSR count). The second kappa shape index (κ2) is 7.99. The van der Waals surface area contributed by atoms with E-state index in [0.29, 0.717) is 10.3 Å². The molecule has 0 bridgehead atoms. The quantitative estimate of drug-likeness (QED) is 0.560. The summed E-state index contributed by atoms with van der Waals surface area (Å²) >= 11 is 1.16. The van der Waals surface area contributed by atoms with Gasteiger partial charge in [-0.1, -0.05) is 11.3 Å². The van der Waals surface area contributed by atoms with Crippen molar-refractivity contribution < 1.29 is 23.6 Å². The highest BCUT2D eigenvalue weighted by Gasteiger charge is 2.52. The number of aromatic nitrogens is 1. The molecule has 1 aliphatic rings. The molecule has 1 aromatic rings. The van der Waals surface area contributed by atoms with E-state index in [1.807, 2.05) is 27.7 Å². The van der Waals surface area contributed by atoms with Crippen molar-refractivity contribution in [2.24, 2.45) is 0 Å². The normalized spacial score (nSPS) is 18.4. The number of nitrogens with two attached hydrogens (primary N) is 1. The molecule has 0 radical (unpaired) electrons. The van der Waals surface area contributed by atoms with Gasteiger partial charge in [0.05, 0.1) is 22.7 Å². The Kier molecular flexibility index (Phi) is 6.33. The third-order valence-corrected chi connectivity index (χ3v) is 5.38. The van der Waals surface area contributed by atoms with Crippen molar-refractivity contribution in [3.8, 4) is 0 Å². The van der Waals surface area contributed by atoms with Crippen LogP contribution in [-0.2, 0) is 18.8 Å². The van der Waals surface area contributed by atoms with Gasteiger partial charge < -0.3 is 25.1 Å². The number of nitrogens with zero attached hydrogens (tertiary/aromatic N) is 1. The monoisotopic (exact) mass is 395 g/mol. The van der Waals surface area contributed by atoms with Crippen molar-refractivity contribution in [3.05, 3.63) is 16.0 Å². The molecule has 0 saturated carbocycles. The molecule has 0 unspecified atom stereocenters. The van der Waals surface area contributed by atoms with Crippen LogP contribution in [0.25, 0.3) is 6.08 Å². The van der Waals surface area contributed by atoms with E-state index >= 15 is 0 Å². The van der Waals surface area contributed by atoms with Gasteiger partial charge in [-0.05, 0) is 46.2 Å². The van der Waals surface area contributed by atoms with Crippen LogP contribution in [0.4, 0.5) is 5.13 Å². The minimum Gasteiger partial charge on any atom is -0.461 e. The lowest BCUT2D eigenvalue weighted by Gasteiger charge is -2.32. The first kappa shape index (κ1) is 21.4. The molecule has 1 saturated heterocycles. The van der Waals surface area contributed by atoms with Crippen molar-refractivity contribution in [2.75, 3.05) is 18.9 Å². The lowest BCUT2D eigenvalue weighted by atomic mass is 9.77. The van der Waals surface area contributed by atoms with Gasteiger partial charge in [-0.2, -0.15) is 0 Å². The van der Waals surface area contributed by atoms with Crippen molar-refractivity contribution in [2.45, 2.75) is 52.7 Å². The molecule has 148 valence electrons. The van der Waals surface area contributed by atoms with Gasteiger partial charge in [0, 0.05) is 13.5 Å². The maximum atomic E-state index is 12.2. The standard InChI is InChI=1S/C17H26BN3O5S/c1-7-24-14(23)13-12(27-15(19)21-13)8-11(9-20-10(2)22)18-25-16(3,4)17(5,6)26-18/h8H,7,9H2,1-6H3,(H2,19,21)(H,20,22). The lowest BCUT2D eigenvalue weighted by Crippen LogP contribution is -2.41. The number of carbonyl (C=O) groups is 2. The Hall–Kier alpha value is -1.91. The summed E-state index contributed by atoms with van der Waals surface area (Å²) in [7, 11) is -0.680. The Balaban J connectivity index is 2.41. The average Bonchev–Trinajstić information content (AvgIpc) is 3.00. The molecule has 0 atom stereocenters. The number of ether oxygens (including phenoxy) is 1. The number of hydrogen-bond acceptors (Lipinski definition) is 8. The Morgan fingerprint density at radius 3 is 2.41 bits per heavy atom. The van der Waals surface area contributed by atoms with Crippen LogP contribution >= 0.6 is 11.3 Å². The molecule has 0 aromatic carbocycles. The van der Waals surface area contributed by atoms with Crippen molar-refractivity contribution >= 4 is 41.5 Å².